The third kappa shape index (κ3) is 2.86. The zero-order valence-electron chi connectivity index (χ0n) is 11.4. The van der Waals surface area contributed by atoms with Gasteiger partial charge < -0.3 is 5.32 Å². The van der Waals surface area contributed by atoms with Crippen molar-refractivity contribution in [2.24, 2.45) is 0 Å². The SMILES string of the molecule is Cc1cc(C)nc(N[C@H](C)c2ccccc2C)n1. The highest BCUT2D eigenvalue weighted by molar-refractivity contribution is 5.36. The Bertz CT molecular complexity index is 529. The van der Waals surface area contributed by atoms with Gasteiger partial charge in [-0.05, 0) is 44.9 Å². The van der Waals surface area contributed by atoms with E-state index in [2.05, 4.69) is 53.4 Å². The molecule has 0 fully saturated rings. The maximum absolute atomic E-state index is 4.41. The van der Waals surface area contributed by atoms with E-state index in [1.54, 1.807) is 0 Å². The number of anilines is 1. The number of nitrogens with zero attached hydrogens (tertiary/aromatic N) is 2. The summed E-state index contributed by atoms with van der Waals surface area (Å²) in [4.78, 5) is 8.81. The molecule has 0 bridgehead atoms. The van der Waals surface area contributed by atoms with Gasteiger partial charge in [-0.3, -0.25) is 0 Å². The van der Waals surface area contributed by atoms with Gasteiger partial charge in [0.2, 0.25) is 5.95 Å². The normalized spacial score (nSPS) is 12.2. The minimum absolute atomic E-state index is 0.201. The Kier molecular flexibility index (Phi) is 3.60. The van der Waals surface area contributed by atoms with Gasteiger partial charge in [0.15, 0.2) is 0 Å². The summed E-state index contributed by atoms with van der Waals surface area (Å²) < 4.78 is 0. The van der Waals surface area contributed by atoms with Gasteiger partial charge in [0.1, 0.15) is 0 Å². The summed E-state index contributed by atoms with van der Waals surface area (Å²) in [6.07, 6.45) is 0. The summed E-state index contributed by atoms with van der Waals surface area (Å²) in [5.74, 6) is 0.697. The molecule has 0 aliphatic carbocycles. The van der Waals surface area contributed by atoms with Crippen LogP contribution in [0, 0.1) is 20.8 Å². The van der Waals surface area contributed by atoms with Crippen LogP contribution in [0.2, 0.25) is 0 Å². The first-order valence-electron chi connectivity index (χ1n) is 6.20. The Morgan fingerprint density at radius 3 is 2.22 bits per heavy atom. The molecule has 1 N–H and O–H groups in total. The summed E-state index contributed by atoms with van der Waals surface area (Å²) in [6.45, 7) is 8.22. The van der Waals surface area contributed by atoms with Crippen molar-refractivity contribution in [2.75, 3.05) is 5.32 Å². The molecule has 0 aliphatic rings. The number of hydrogen-bond acceptors (Lipinski definition) is 3. The summed E-state index contributed by atoms with van der Waals surface area (Å²) in [5, 5.41) is 3.36. The number of nitrogens with one attached hydrogen (secondary N) is 1. The molecule has 0 saturated carbocycles. The fourth-order valence-corrected chi connectivity index (χ4v) is 2.13. The van der Waals surface area contributed by atoms with Gasteiger partial charge in [0.25, 0.3) is 0 Å². The van der Waals surface area contributed by atoms with E-state index in [1.807, 2.05) is 19.9 Å². The molecule has 0 spiro atoms. The van der Waals surface area contributed by atoms with Gasteiger partial charge in [0.05, 0.1) is 6.04 Å². The second-order valence-corrected chi connectivity index (χ2v) is 4.70. The summed E-state index contributed by atoms with van der Waals surface area (Å²) in [6, 6.07) is 10.5. The molecular weight excluding hydrogens is 222 g/mol. The Balaban J connectivity index is 2.21. The lowest BCUT2D eigenvalue weighted by atomic mass is 10.0. The molecule has 0 aliphatic heterocycles. The fourth-order valence-electron chi connectivity index (χ4n) is 2.13. The Hall–Kier alpha value is -1.90. The predicted octanol–water partition coefficient (Wildman–Crippen LogP) is 3.57. The molecule has 1 atom stereocenters. The largest absolute Gasteiger partial charge is 0.348 e. The molecule has 1 aromatic heterocycles. The number of rotatable bonds is 3. The number of aromatic nitrogens is 2. The minimum atomic E-state index is 0.201. The molecule has 0 radical (unpaired) electrons. The van der Waals surface area contributed by atoms with Crippen LogP contribution >= 0.6 is 0 Å². The van der Waals surface area contributed by atoms with E-state index >= 15 is 0 Å². The van der Waals surface area contributed by atoms with Crippen LogP contribution in [-0.2, 0) is 0 Å². The van der Waals surface area contributed by atoms with E-state index in [0.29, 0.717) is 5.95 Å². The summed E-state index contributed by atoms with van der Waals surface area (Å²) in [5.41, 5.74) is 4.53. The van der Waals surface area contributed by atoms with E-state index in [0.717, 1.165) is 11.4 Å². The van der Waals surface area contributed by atoms with Gasteiger partial charge in [-0.2, -0.15) is 0 Å². The van der Waals surface area contributed by atoms with Gasteiger partial charge in [-0.1, -0.05) is 24.3 Å². The average Bonchev–Trinajstić information content (AvgIpc) is 2.27. The number of benzene rings is 1. The van der Waals surface area contributed by atoms with Crippen molar-refractivity contribution in [1.82, 2.24) is 9.97 Å². The predicted molar refractivity (Wildman–Crippen MR) is 74.7 cm³/mol. The molecule has 0 amide bonds. The van der Waals surface area contributed by atoms with Crippen molar-refractivity contribution in [1.29, 1.82) is 0 Å². The molecule has 18 heavy (non-hydrogen) atoms. The van der Waals surface area contributed by atoms with Gasteiger partial charge >= 0.3 is 0 Å². The minimum Gasteiger partial charge on any atom is -0.348 e. The smallest absolute Gasteiger partial charge is 0.223 e. The van der Waals surface area contributed by atoms with Crippen molar-refractivity contribution in [3.63, 3.8) is 0 Å². The van der Waals surface area contributed by atoms with Crippen LogP contribution < -0.4 is 5.32 Å². The first-order valence-corrected chi connectivity index (χ1v) is 6.20. The molecule has 2 aromatic rings. The van der Waals surface area contributed by atoms with Crippen molar-refractivity contribution in [2.45, 2.75) is 33.7 Å². The standard InChI is InChI=1S/C15H19N3/c1-10-7-5-6-8-14(10)13(4)18-15-16-11(2)9-12(3)17-15/h5-9,13H,1-4H3,(H,16,17,18)/t13-/m1/s1. The second kappa shape index (κ2) is 5.17. The third-order valence-corrected chi connectivity index (χ3v) is 2.98. The highest BCUT2D eigenvalue weighted by Crippen LogP contribution is 2.20. The monoisotopic (exact) mass is 241 g/mol. The van der Waals surface area contributed by atoms with Crippen LogP contribution in [0.25, 0.3) is 0 Å². The van der Waals surface area contributed by atoms with E-state index < -0.39 is 0 Å². The zero-order valence-corrected chi connectivity index (χ0v) is 11.4. The quantitative estimate of drug-likeness (QED) is 0.892. The summed E-state index contributed by atoms with van der Waals surface area (Å²) in [7, 11) is 0. The van der Waals surface area contributed by atoms with Crippen molar-refractivity contribution in [3.8, 4) is 0 Å². The molecular formula is C15H19N3. The molecule has 0 unspecified atom stereocenters. The van der Waals surface area contributed by atoms with Crippen molar-refractivity contribution in [3.05, 3.63) is 52.8 Å². The van der Waals surface area contributed by atoms with Crippen LogP contribution in [0.1, 0.15) is 35.5 Å². The Morgan fingerprint density at radius 1 is 1.00 bits per heavy atom. The molecule has 3 heteroatoms. The van der Waals surface area contributed by atoms with E-state index in [-0.39, 0.29) is 6.04 Å². The van der Waals surface area contributed by atoms with E-state index in [1.165, 1.54) is 11.1 Å². The summed E-state index contributed by atoms with van der Waals surface area (Å²) >= 11 is 0. The maximum Gasteiger partial charge on any atom is 0.223 e. The Labute approximate surface area is 108 Å². The zero-order chi connectivity index (χ0) is 13.1. The van der Waals surface area contributed by atoms with Gasteiger partial charge in [0, 0.05) is 11.4 Å². The lowest BCUT2D eigenvalue weighted by Gasteiger charge is -2.16. The molecule has 0 saturated heterocycles. The first kappa shape index (κ1) is 12.6. The van der Waals surface area contributed by atoms with Crippen LogP contribution in [0.3, 0.4) is 0 Å². The molecule has 2 rings (SSSR count). The van der Waals surface area contributed by atoms with Crippen LogP contribution in [-0.4, -0.2) is 9.97 Å². The van der Waals surface area contributed by atoms with Crippen LogP contribution in [0.15, 0.2) is 30.3 Å². The van der Waals surface area contributed by atoms with Gasteiger partial charge in [-0.25, -0.2) is 9.97 Å². The first-order chi connectivity index (χ1) is 8.56. The lowest BCUT2D eigenvalue weighted by molar-refractivity contribution is 0.845. The number of hydrogen-bond donors (Lipinski definition) is 1. The lowest BCUT2D eigenvalue weighted by Crippen LogP contribution is -2.11. The maximum atomic E-state index is 4.41. The van der Waals surface area contributed by atoms with Crippen LogP contribution in [0.5, 0.6) is 0 Å². The molecule has 1 aromatic carbocycles. The highest BCUT2D eigenvalue weighted by atomic mass is 15.1. The van der Waals surface area contributed by atoms with Gasteiger partial charge in [-0.15, -0.1) is 0 Å². The van der Waals surface area contributed by atoms with Crippen molar-refractivity contribution < 1.29 is 0 Å². The van der Waals surface area contributed by atoms with Crippen LogP contribution in [0.4, 0.5) is 5.95 Å². The molecule has 94 valence electrons. The topological polar surface area (TPSA) is 37.8 Å². The number of aryl methyl sites for hydroxylation is 3. The third-order valence-electron chi connectivity index (χ3n) is 2.98. The highest BCUT2D eigenvalue weighted by Gasteiger charge is 2.09. The molecule has 3 nitrogen and oxygen atoms in total. The molecule has 1 heterocycles. The average molecular weight is 241 g/mol. The Morgan fingerprint density at radius 2 is 1.61 bits per heavy atom. The second-order valence-electron chi connectivity index (χ2n) is 4.70. The van der Waals surface area contributed by atoms with E-state index in [9.17, 15) is 0 Å². The van der Waals surface area contributed by atoms with E-state index in [4.69, 9.17) is 0 Å². The fraction of sp³-hybridized carbons (Fsp3) is 0.333. The van der Waals surface area contributed by atoms with Crippen molar-refractivity contribution >= 4 is 5.95 Å².